The Kier molecular flexibility index (Phi) is 1.95. The fourth-order valence-electron chi connectivity index (χ4n) is 2.11. The van der Waals surface area contributed by atoms with Gasteiger partial charge in [-0.05, 0) is 25.8 Å². The van der Waals surface area contributed by atoms with E-state index in [2.05, 4.69) is 20.6 Å². The third kappa shape index (κ3) is 1.33. The Hall–Kier alpha value is -1.42. The van der Waals surface area contributed by atoms with Crippen LogP contribution in [-0.4, -0.2) is 21.1 Å². The van der Waals surface area contributed by atoms with Gasteiger partial charge in [0.15, 0.2) is 0 Å². The van der Waals surface area contributed by atoms with Gasteiger partial charge in [0.1, 0.15) is 18.2 Å². The molecule has 3 rings (SSSR count). The molecule has 4 nitrogen and oxygen atoms in total. The van der Waals surface area contributed by atoms with Gasteiger partial charge in [-0.1, -0.05) is 0 Å². The number of fused-ring (bicyclic) bond motifs is 1. The van der Waals surface area contributed by atoms with Crippen LogP contribution in [0.3, 0.4) is 0 Å². The lowest BCUT2D eigenvalue weighted by Gasteiger charge is -2.12. The maximum atomic E-state index is 5.65. The first-order valence-corrected chi connectivity index (χ1v) is 5.26. The lowest BCUT2D eigenvalue weighted by atomic mass is 10.3. The highest BCUT2D eigenvalue weighted by molar-refractivity contribution is 5.78. The number of aromatic nitrogens is 3. The van der Waals surface area contributed by atoms with Crippen LogP contribution in [-0.2, 0) is 4.74 Å². The molecule has 0 saturated carbocycles. The molecule has 0 aromatic carbocycles. The Morgan fingerprint density at radius 3 is 3.20 bits per heavy atom. The molecule has 78 valence electrons. The average molecular weight is 203 g/mol. The molecule has 1 aliphatic rings. The molecule has 2 aromatic heterocycles. The van der Waals surface area contributed by atoms with Crippen molar-refractivity contribution in [1.29, 1.82) is 0 Å². The Balaban J connectivity index is 2.15. The highest BCUT2D eigenvalue weighted by Crippen LogP contribution is 2.27. The van der Waals surface area contributed by atoms with Crippen molar-refractivity contribution in [2.24, 2.45) is 0 Å². The molecule has 0 spiro atoms. The van der Waals surface area contributed by atoms with Gasteiger partial charge in [0.25, 0.3) is 0 Å². The van der Waals surface area contributed by atoms with E-state index in [-0.39, 0.29) is 6.23 Å². The van der Waals surface area contributed by atoms with Crippen LogP contribution >= 0.6 is 0 Å². The number of nitrogens with zero attached hydrogens (tertiary/aromatic N) is 3. The standard InChI is InChI=1S/C11H13N3O/c1-8-9-4-5-14(10-3-2-6-15-10)11(9)13-7-12-8/h4-5,7,10H,2-3,6H2,1H3/t10-/m1/s1. The second kappa shape index (κ2) is 3.31. The Bertz CT molecular complexity index is 486. The Morgan fingerprint density at radius 2 is 2.40 bits per heavy atom. The molecule has 1 atom stereocenters. The summed E-state index contributed by atoms with van der Waals surface area (Å²) in [6, 6.07) is 2.06. The normalized spacial score (nSPS) is 21.3. The smallest absolute Gasteiger partial charge is 0.145 e. The first kappa shape index (κ1) is 8.85. The molecule has 2 aromatic rings. The average Bonchev–Trinajstić information content (AvgIpc) is 2.85. The molecule has 0 radical (unpaired) electrons. The highest BCUT2D eigenvalue weighted by Gasteiger charge is 2.19. The zero-order chi connectivity index (χ0) is 10.3. The first-order chi connectivity index (χ1) is 7.36. The predicted octanol–water partition coefficient (Wildman–Crippen LogP) is 2.05. The summed E-state index contributed by atoms with van der Waals surface area (Å²) in [6.45, 7) is 2.86. The molecule has 15 heavy (non-hydrogen) atoms. The van der Waals surface area contributed by atoms with Gasteiger partial charge in [0.05, 0.1) is 5.69 Å². The lowest BCUT2D eigenvalue weighted by Crippen LogP contribution is -2.06. The van der Waals surface area contributed by atoms with Crippen LogP contribution in [0.25, 0.3) is 11.0 Å². The van der Waals surface area contributed by atoms with Crippen LogP contribution in [0.5, 0.6) is 0 Å². The van der Waals surface area contributed by atoms with Gasteiger partial charge in [-0.15, -0.1) is 0 Å². The second-order valence-corrected chi connectivity index (χ2v) is 3.89. The van der Waals surface area contributed by atoms with Gasteiger partial charge >= 0.3 is 0 Å². The summed E-state index contributed by atoms with van der Waals surface area (Å²) in [6.07, 6.45) is 6.03. The zero-order valence-electron chi connectivity index (χ0n) is 8.68. The van der Waals surface area contributed by atoms with Crippen molar-refractivity contribution in [3.8, 4) is 0 Å². The molecule has 0 bridgehead atoms. The zero-order valence-corrected chi connectivity index (χ0v) is 8.68. The minimum Gasteiger partial charge on any atom is -0.358 e. The first-order valence-electron chi connectivity index (χ1n) is 5.26. The van der Waals surface area contributed by atoms with E-state index < -0.39 is 0 Å². The molecule has 4 heteroatoms. The van der Waals surface area contributed by atoms with E-state index in [0.717, 1.165) is 36.2 Å². The third-order valence-corrected chi connectivity index (χ3v) is 2.92. The topological polar surface area (TPSA) is 39.9 Å². The molecule has 0 unspecified atom stereocenters. The summed E-state index contributed by atoms with van der Waals surface area (Å²) >= 11 is 0. The number of ether oxygens (including phenoxy) is 1. The number of hydrogen-bond acceptors (Lipinski definition) is 3. The molecule has 1 fully saturated rings. The Labute approximate surface area is 87.9 Å². The van der Waals surface area contributed by atoms with Crippen LogP contribution in [0.1, 0.15) is 24.8 Å². The Morgan fingerprint density at radius 1 is 1.47 bits per heavy atom. The fourth-order valence-corrected chi connectivity index (χ4v) is 2.11. The van der Waals surface area contributed by atoms with Crippen molar-refractivity contribution >= 4 is 11.0 Å². The summed E-state index contributed by atoms with van der Waals surface area (Å²) in [7, 11) is 0. The minimum absolute atomic E-state index is 0.164. The van der Waals surface area contributed by atoms with E-state index in [4.69, 9.17) is 4.74 Å². The van der Waals surface area contributed by atoms with Crippen LogP contribution in [0, 0.1) is 6.92 Å². The highest BCUT2D eigenvalue weighted by atomic mass is 16.5. The summed E-state index contributed by atoms with van der Waals surface area (Å²) in [5.41, 5.74) is 2.01. The summed E-state index contributed by atoms with van der Waals surface area (Å²) < 4.78 is 7.76. The molecule has 0 aliphatic carbocycles. The van der Waals surface area contributed by atoms with E-state index in [1.165, 1.54) is 0 Å². The number of hydrogen-bond donors (Lipinski definition) is 0. The summed E-state index contributed by atoms with van der Waals surface area (Å²) in [5, 5.41) is 1.12. The third-order valence-electron chi connectivity index (χ3n) is 2.92. The van der Waals surface area contributed by atoms with Crippen LogP contribution < -0.4 is 0 Å². The van der Waals surface area contributed by atoms with Crippen molar-refractivity contribution in [2.75, 3.05) is 6.61 Å². The van der Waals surface area contributed by atoms with E-state index in [1.807, 2.05) is 13.1 Å². The molecule has 3 heterocycles. The van der Waals surface area contributed by atoms with E-state index in [9.17, 15) is 0 Å². The molecular weight excluding hydrogens is 190 g/mol. The maximum Gasteiger partial charge on any atom is 0.145 e. The monoisotopic (exact) mass is 203 g/mol. The van der Waals surface area contributed by atoms with Gasteiger partial charge in [-0.3, -0.25) is 0 Å². The summed E-state index contributed by atoms with van der Waals surface area (Å²) in [4.78, 5) is 8.50. The van der Waals surface area contributed by atoms with Crippen molar-refractivity contribution < 1.29 is 4.74 Å². The SMILES string of the molecule is Cc1ncnc2c1ccn2[C@H]1CCCO1. The van der Waals surface area contributed by atoms with Gasteiger partial charge in [-0.25, -0.2) is 9.97 Å². The molecule has 0 amide bonds. The van der Waals surface area contributed by atoms with E-state index in [0.29, 0.717) is 0 Å². The number of aryl methyl sites for hydroxylation is 1. The van der Waals surface area contributed by atoms with Crippen LogP contribution in [0.2, 0.25) is 0 Å². The van der Waals surface area contributed by atoms with Crippen LogP contribution in [0.15, 0.2) is 18.6 Å². The van der Waals surface area contributed by atoms with Crippen molar-refractivity contribution in [1.82, 2.24) is 14.5 Å². The predicted molar refractivity (Wildman–Crippen MR) is 56.5 cm³/mol. The summed E-state index contributed by atoms with van der Waals surface area (Å²) in [5.74, 6) is 0. The van der Waals surface area contributed by atoms with Crippen molar-refractivity contribution in [2.45, 2.75) is 26.0 Å². The van der Waals surface area contributed by atoms with E-state index in [1.54, 1.807) is 6.33 Å². The van der Waals surface area contributed by atoms with Gasteiger partial charge < -0.3 is 9.30 Å². The molecule has 0 N–H and O–H groups in total. The van der Waals surface area contributed by atoms with E-state index >= 15 is 0 Å². The maximum absolute atomic E-state index is 5.65. The van der Waals surface area contributed by atoms with Crippen LogP contribution in [0.4, 0.5) is 0 Å². The number of rotatable bonds is 1. The second-order valence-electron chi connectivity index (χ2n) is 3.89. The van der Waals surface area contributed by atoms with Gasteiger partial charge in [0.2, 0.25) is 0 Å². The molecule has 1 saturated heterocycles. The largest absolute Gasteiger partial charge is 0.358 e. The minimum atomic E-state index is 0.164. The van der Waals surface area contributed by atoms with Crippen molar-refractivity contribution in [3.05, 3.63) is 24.3 Å². The van der Waals surface area contributed by atoms with Gasteiger partial charge in [0, 0.05) is 18.2 Å². The molecular formula is C11H13N3O. The van der Waals surface area contributed by atoms with Crippen molar-refractivity contribution in [3.63, 3.8) is 0 Å². The quantitative estimate of drug-likeness (QED) is 0.712. The molecule has 1 aliphatic heterocycles. The lowest BCUT2D eigenvalue weighted by molar-refractivity contribution is 0.0597. The van der Waals surface area contributed by atoms with Gasteiger partial charge in [-0.2, -0.15) is 0 Å². The fraction of sp³-hybridized carbons (Fsp3) is 0.455.